The van der Waals surface area contributed by atoms with Crippen LogP contribution >= 0.6 is 12.6 Å². The summed E-state index contributed by atoms with van der Waals surface area (Å²) in [5.74, 6) is -0.102. The van der Waals surface area contributed by atoms with Gasteiger partial charge in [-0.05, 0) is 12.8 Å². The third-order valence-corrected chi connectivity index (χ3v) is 2.96. The smallest absolute Gasteiger partial charge is 0.246 e. The van der Waals surface area contributed by atoms with Crippen LogP contribution in [0.1, 0.15) is 26.2 Å². The molecule has 0 heterocycles. The molecule has 0 aromatic carbocycles. The summed E-state index contributed by atoms with van der Waals surface area (Å²) in [5.41, 5.74) is 0. The fourth-order valence-corrected chi connectivity index (χ4v) is 1.91. The van der Waals surface area contributed by atoms with Crippen molar-refractivity contribution < 1.29 is 9.59 Å². The number of hydrogen-bond acceptors (Lipinski definition) is 4. The molecule has 1 N–H and O–H groups in total. The number of nitriles is 1. The summed E-state index contributed by atoms with van der Waals surface area (Å²) < 4.78 is 0. The molecule has 0 spiro atoms. The summed E-state index contributed by atoms with van der Waals surface area (Å²) in [5, 5.41) is 11.1. The van der Waals surface area contributed by atoms with E-state index in [2.05, 4.69) is 17.9 Å². The van der Waals surface area contributed by atoms with Crippen LogP contribution in [0, 0.1) is 11.3 Å². The maximum Gasteiger partial charge on any atom is 0.246 e. The van der Waals surface area contributed by atoms with E-state index in [4.69, 9.17) is 5.26 Å². The summed E-state index contributed by atoms with van der Waals surface area (Å²) >= 11 is 4.08. The Morgan fingerprint density at radius 2 is 2.24 bits per heavy atom. The van der Waals surface area contributed by atoms with Gasteiger partial charge in [-0.2, -0.15) is 17.9 Å². The first kappa shape index (κ1) is 13.8. The van der Waals surface area contributed by atoms with Gasteiger partial charge in [0.15, 0.2) is 0 Å². The van der Waals surface area contributed by atoms with E-state index in [0.717, 1.165) is 12.8 Å². The molecule has 0 aliphatic heterocycles. The van der Waals surface area contributed by atoms with Gasteiger partial charge in [0, 0.05) is 25.3 Å². The standard InChI is InChI=1S/C11H17N3O2S/c1-8(15)13-10(7-17)11(16)14(6-2-5-12)9-3-4-9/h9-10,17H,2-4,6-7H2,1H3,(H,13,15). The minimum atomic E-state index is -0.588. The van der Waals surface area contributed by atoms with Crippen molar-refractivity contribution in [2.45, 2.75) is 38.3 Å². The first-order chi connectivity index (χ1) is 8.10. The number of rotatable bonds is 6. The number of nitrogens with zero attached hydrogens (tertiary/aromatic N) is 2. The van der Waals surface area contributed by atoms with E-state index >= 15 is 0 Å². The third-order valence-electron chi connectivity index (χ3n) is 2.59. The summed E-state index contributed by atoms with van der Waals surface area (Å²) in [6.07, 6.45) is 2.29. The Morgan fingerprint density at radius 3 is 2.65 bits per heavy atom. The summed E-state index contributed by atoms with van der Waals surface area (Å²) in [6, 6.07) is 1.69. The van der Waals surface area contributed by atoms with Crippen LogP contribution in [0.15, 0.2) is 0 Å². The zero-order valence-electron chi connectivity index (χ0n) is 9.85. The molecule has 1 fully saturated rings. The van der Waals surface area contributed by atoms with Crippen LogP contribution in [0.4, 0.5) is 0 Å². The second kappa shape index (κ2) is 6.50. The molecule has 1 aliphatic carbocycles. The van der Waals surface area contributed by atoms with Crippen molar-refractivity contribution in [3.63, 3.8) is 0 Å². The van der Waals surface area contributed by atoms with Gasteiger partial charge in [0.05, 0.1) is 12.5 Å². The number of nitrogens with one attached hydrogen (secondary N) is 1. The van der Waals surface area contributed by atoms with E-state index in [9.17, 15) is 9.59 Å². The van der Waals surface area contributed by atoms with Gasteiger partial charge in [0.2, 0.25) is 11.8 Å². The second-order valence-electron chi connectivity index (χ2n) is 4.11. The molecule has 17 heavy (non-hydrogen) atoms. The van der Waals surface area contributed by atoms with Crippen LogP contribution < -0.4 is 5.32 Å². The topological polar surface area (TPSA) is 73.2 Å². The highest BCUT2D eigenvalue weighted by Gasteiger charge is 2.35. The molecular weight excluding hydrogens is 238 g/mol. The zero-order valence-corrected chi connectivity index (χ0v) is 10.7. The van der Waals surface area contributed by atoms with Crippen molar-refractivity contribution in [2.75, 3.05) is 12.3 Å². The van der Waals surface area contributed by atoms with Crippen molar-refractivity contribution in [1.29, 1.82) is 5.26 Å². The minimum Gasteiger partial charge on any atom is -0.344 e. The van der Waals surface area contributed by atoms with Crippen molar-refractivity contribution in [1.82, 2.24) is 10.2 Å². The van der Waals surface area contributed by atoms with Gasteiger partial charge in [-0.1, -0.05) is 0 Å². The van der Waals surface area contributed by atoms with Crippen LogP contribution in [0.5, 0.6) is 0 Å². The first-order valence-corrected chi connectivity index (χ1v) is 6.28. The summed E-state index contributed by atoms with van der Waals surface area (Å²) in [6.45, 7) is 1.81. The van der Waals surface area contributed by atoms with E-state index in [0.29, 0.717) is 13.0 Å². The number of hydrogen-bond donors (Lipinski definition) is 2. The van der Waals surface area contributed by atoms with Crippen LogP contribution in [0.2, 0.25) is 0 Å². The Balaban J connectivity index is 2.61. The van der Waals surface area contributed by atoms with Gasteiger partial charge in [0.1, 0.15) is 6.04 Å². The molecular formula is C11H17N3O2S. The number of thiol groups is 1. The molecule has 2 amide bonds. The van der Waals surface area contributed by atoms with Gasteiger partial charge < -0.3 is 10.2 Å². The molecule has 6 heteroatoms. The zero-order chi connectivity index (χ0) is 12.8. The quantitative estimate of drug-likeness (QED) is 0.672. The Hall–Kier alpha value is -1.22. The highest BCUT2D eigenvalue weighted by molar-refractivity contribution is 7.80. The third kappa shape index (κ3) is 4.27. The molecule has 5 nitrogen and oxygen atoms in total. The molecule has 0 aromatic heterocycles. The average Bonchev–Trinajstić information content (AvgIpc) is 3.10. The molecule has 94 valence electrons. The van der Waals surface area contributed by atoms with E-state index in [1.165, 1.54) is 6.92 Å². The molecule has 0 aromatic rings. The van der Waals surface area contributed by atoms with Crippen molar-refractivity contribution in [3.05, 3.63) is 0 Å². The average molecular weight is 255 g/mol. The Bertz CT molecular complexity index is 336. The molecule has 1 aliphatic rings. The molecule has 0 bridgehead atoms. The van der Waals surface area contributed by atoms with Crippen LogP contribution in [0.3, 0.4) is 0 Å². The molecule has 1 saturated carbocycles. The molecule has 1 rings (SSSR count). The predicted molar refractivity (Wildman–Crippen MR) is 66.4 cm³/mol. The fraction of sp³-hybridized carbons (Fsp3) is 0.727. The lowest BCUT2D eigenvalue weighted by atomic mass is 10.2. The number of carbonyl (C=O) groups is 2. The van der Waals surface area contributed by atoms with E-state index in [-0.39, 0.29) is 23.6 Å². The minimum absolute atomic E-state index is 0.132. The van der Waals surface area contributed by atoms with E-state index < -0.39 is 6.04 Å². The van der Waals surface area contributed by atoms with Gasteiger partial charge in [-0.3, -0.25) is 9.59 Å². The lowest BCUT2D eigenvalue weighted by Crippen LogP contribution is -2.50. The van der Waals surface area contributed by atoms with Gasteiger partial charge in [-0.25, -0.2) is 0 Å². The van der Waals surface area contributed by atoms with Gasteiger partial charge in [-0.15, -0.1) is 0 Å². The van der Waals surface area contributed by atoms with Crippen LogP contribution in [-0.2, 0) is 9.59 Å². The van der Waals surface area contributed by atoms with Crippen molar-refractivity contribution in [2.24, 2.45) is 0 Å². The lowest BCUT2D eigenvalue weighted by Gasteiger charge is -2.26. The highest BCUT2D eigenvalue weighted by Crippen LogP contribution is 2.27. The molecule has 0 radical (unpaired) electrons. The van der Waals surface area contributed by atoms with Gasteiger partial charge >= 0.3 is 0 Å². The molecule has 1 atom stereocenters. The maximum absolute atomic E-state index is 12.2. The number of carbonyl (C=O) groups excluding carboxylic acids is 2. The fourth-order valence-electron chi connectivity index (χ4n) is 1.66. The Kier molecular flexibility index (Phi) is 5.29. The Morgan fingerprint density at radius 1 is 1.59 bits per heavy atom. The molecule has 1 unspecified atom stereocenters. The second-order valence-corrected chi connectivity index (χ2v) is 4.47. The SMILES string of the molecule is CC(=O)NC(CS)C(=O)N(CCC#N)C1CC1. The normalized spacial score (nSPS) is 15.8. The summed E-state index contributed by atoms with van der Waals surface area (Å²) in [7, 11) is 0. The van der Waals surface area contributed by atoms with E-state index in [1.807, 2.05) is 6.07 Å². The number of amides is 2. The monoisotopic (exact) mass is 255 g/mol. The van der Waals surface area contributed by atoms with Crippen molar-refractivity contribution in [3.8, 4) is 6.07 Å². The summed E-state index contributed by atoms with van der Waals surface area (Å²) in [4.78, 5) is 24.8. The Labute approximate surface area is 107 Å². The van der Waals surface area contributed by atoms with E-state index in [1.54, 1.807) is 4.90 Å². The first-order valence-electron chi connectivity index (χ1n) is 5.65. The van der Waals surface area contributed by atoms with Gasteiger partial charge in [0.25, 0.3) is 0 Å². The maximum atomic E-state index is 12.2. The van der Waals surface area contributed by atoms with Crippen LogP contribution in [-0.4, -0.2) is 41.1 Å². The van der Waals surface area contributed by atoms with Crippen molar-refractivity contribution >= 4 is 24.4 Å². The highest BCUT2D eigenvalue weighted by atomic mass is 32.1. The largest absolute Gasteiger partial charge is 0.344 e. The molecule has 0 saturated heterocycles. The predicted octanol–water partition coefficient (Wildman–Crippen LogP) is 0.326. The lowest BCUT2D eigenvalue weighted by molar-refractivity contribution is -0.135. The van der Waals surface area contributed by atoms with Crippen LogP contribution in [0.25, 0.3) is 0 Å².